The van der Waals surface area contributed by atoms with E-state index in [-0.39, 0.29) is 5.91 Å². The van der Waals surface area contributed by atoms with Gasteiger partial charge < -0.3 is 9.64 Å². The van der Waals surface area contributed by atoms with E-state index in [1.807, 2.05) is 71.8 Å². The quantitative estimate of drug-likeness (QED) is 0.603. The zero-order chi connectivity index (χ0) is 20.6. The second-order valence-corrected chi connectivity index (χ2v) is 7.44. The maximum atomic E-state index is 12.6. The molecule has 1 amide bonds. The van der Waals surface area contributed by atoms with Crippen LogP contribution in [0.3, 0.4) is 0 Å². The van der Waals surface area contributed by atoms with Crippen LogP contribution < -0.4 is 4.74 Å². The molecule has 30 heavy (non-hydrogen) atoms. The zero-order valence-electron chi connectivity index (χ0n) is 17.1. The van der Waals surface area contributed by atoms with E-state index in [4.69, 9.17) is 4.74 Å². The monoisotopic (exact) mass is 401 g/mol. The molecule has 154 valence electrons. The Kier molecular flexibility index (Phi) is 6.72. The fourth-order valence-electron chi connectivity index (χ4n) is 3.73. The third kappa shape index (κ3) is 5.24. The highest BCUT2D eigenvalue weighted by Gasteiger charge is 2.21. The summed E-state index contributed by atoms with van der Waals surface area (Å²) in [6.45, 7) is 4.48. The first-order chi connectivity index (χ1) is 14.8. The first kappa shape index (κ1) is 20.1. The first-order valence-electron chi connectivity index (χ1n) is 10.5. The van der Waals surface area contributed by atoms with Gasteiger partial charge >= 0.3 is 0 Å². The first-order valence-corrected chi connectivity index (χ1v) is 10.5. The summed E-state index contributed by atoms with van der Waals surface area (Å²) in [7, 11) is 0. The Balaban J connectivity index is 1.24. The molecular weight excluding hydrogens is 374 g/mol. The van der Waals surface area contributed by atoms with Gasteiger partial charge in [-0.3, -0.25) is 14.7 Å². The number of aromatic nitrogens is 1. The third-order valence-electron chi connectivity index (χ3n) is 5.38. The fourth-order valence-corrected chi connectivity index (χ4v) is 3.73. The van der Waals surface area contributed by atoms with Crippen LogP contribution in [0.4, 0.5) is 0 Å². The number of nitrogens with zero attached hydrogens (tertiary/aromatic N) is 3. The summed E-state index contributed by atoms with van der Waals surface area (Å²) in [6, 6.07) is 24.1. The molecule has 2 aromatic carbocycles. The molecule has 3 aromatic rings. The number of carbonyl (C=O) groups is 1. The summed E-state index contributed by atoms with van der Waals surface area (Å²) in [6.07, 6.45) is 2.22. The van der Waals surface area contributed by atoms with Crippen LogP contribution >= 0.6 is 0 Å². The highest BCUT2D eigenvalue weighted by atomic mass is 16.5. The van der Waals surface area contributed by atoms with E-state index < -0.39 is 0 Å². The minimum Gasteiger partial charge on any atom is -0.492 e. The van der Waals surface area contributed by atoms with Gasteiger partial charge in [-0.1, -0.05) is 54.6 Å². The van der Waals surface area contributed by atoms with Gasteiger partial charge in [-0.15, -0.1) is 0 Å². The molecular formula is C25H27N3O2. The highest BCUT2D eigenvalue weighted by Crippen LogP contribution is 2.29. The van der Waals surface area contributed by atoms with Crippen molar-refractivity contribution in [1.29, 1.82) is 0 Å². The van der Waals surface area contributed by atoms with Crippen LogP contribution in [0, 0.1) is 0 Å². The molecule has 0 atom stereocenters. The maximum absolute atomic E-state index is 12.6. The smallest absolute Gasteiger partial charge is 0.226 e. The summed E-state index contributed by atoms with van der Waals surface area (Å²) in [5, 5.41) is 0. The summed E-state index contributed by atoms with van der Waals surface area (Å²) >= 11 is 0. The Morgan fingerprint density at radius 2 is 1.60 bits per heavy atom. The van der Waals surface area contributed by atoms with Crippen molar-refractivity contribution in [2.45, 2.75) is 13.0 Å². The Morgan fingerprint density at radius 1 is 0.867 bits per heavy atom. The Bertz CT molecular complexity index is 939. The number of piperazine rings is 1. The molecule has 0 unspecified atom stereocenters. The molecule has 1 aliphatic rings. The molecule has 5 nitrogen and oxygen atoms in total. The van der Waals surface area contributed by atoms with Crippen molar-refractivity contribution in [3.63, 3.8) is 0 Å². The Labute approximate surface area is 177 Å². The van der Waals surface area contributed by atoms with Crippen molar-refractivity contribution >= 4 is 5.91 Å². The zero-order valence-corrected chi connectivity index (χ0v) is 17.1. The SMILES string of the molecule is O=C(CCOc1ccccc1-c1ccccc1)N1CCN(Cc2ccccn2)CC1. The van der Waals surface area contributed by atoms with E-state index >= 15 is 0 Å². The maximum Gasteiger partial charge on any atom is 0.226 e. The van der Waals surface area contributed by atoms with Crippen molar-refractivity contribution in [3.05, 3.63) is 84.7 Å². The minimum atomic E-state index is 0.157. The van der Waals surface area contributed by atoms with Gasteiger partial charge in [-0.25, -0.2) is 0 Å². The number of benzene rings is 2. The van der Waals surface area contributed by atoms with Crippen molar-refractivity contribution in [2.75, 3.05) is 32.8 Å². The molecule has 0 aliphatic carbocycles. The predicted octanol–water partition coefficient (Wildman–Crippen LogP) is 3.86. The van der Waals surface area contributed by atoms with E-state index in [1.165, 1.54) is 0 Å². The molecule has 1 fully saturated rings. The molecule has 4 rings (SSSR count). The van der Waals surface area contributed by atoms with Gasteiger partial charge in [-0.2, -0.15) is 0 Å². The summed E-state index contributed by atoms with van der Waals surface area (Å²) in [5.74, 6) is 0.973. The largest absolute Gasteiger partial charge is 0.492 e. The Hall–Kier alpha value is -3.18. The average molecular weight is 402 g/mol. The van der Waals surface area contributed by atoms with Crippen LogP contribution in [-0.2, 0) is 11.3 Å². The van der Waals surface area contributed by atoms with E-state index in [0.717, 1.165) is 55.3 Å². The molecule has 0 N–H and O–H groups in total. The topological polar surface area (TPSA) is 45.7 Å². The summed E-state index contributed by atoms with van der Waals surface area (Å²) < 4.78 is 5.99. The third-order valence-corrected chi connectivity index (χ3v) is 5.38. The molecule has 5 heteroatoms. The van der Waals surface area contributed by atoms with Gasteiger partial charge in [0.25, 0.3) is 0 Å². The van der Waals surface area contributed by atoms with Crippen molar-refractivity contribution < 1.29 is 9.53 Å². The van der Waals surface area contributed by atoms with Crippen LogP contribution in [0.1, 0.15) is 12.1 Å². The molecule has 1 saturated heterocycles. The van der Waals surface area contributed by atoms with Crippen LogP contribution in [0.5, 0.6) is 5.75 Å². The average Bonchev–Trinajstić information content (AvgIpc) is 2.81. The number of hydrogen-bond acceptors (Lipinski definition) is 4. The molecule has 0 saturated carbocycles. The van der Waals surface area contributed by atoms with Crippen molar-refractivity contribution in [1.82, 2.24) is 14.8 Å². The summed E-state index contributed by atoms with van der Waals surface area (Å²) in [4.78, 5) is 21.3. The minimum absolute atomic E-state index is 0.157. The molecule has 1 aliphatic heterocycles. The van der Waals surface area contributed by atoms with Crippen LogP contribution in [0.2, 0.25) is 0 Å². The van der Waals surface area contributed by atoms with Crippen LogP contribution in [0.25, 0.3) is 11.1 Å². The number of amides is 1. The van der Waals surface area contributed by atoms with E-state index in [9.17, 15) is 4.79 Å². The fraction of sp³-hybridized carbons (Fsp3) is 0.280. The number of carbonyl (C=O) groups excluding carboxylic acids is 1. The van der Waals surface area contributed by atoms with Gasteiger partial charge in [0.1, 0.15) is 5.75 Å². The number of ether oxygens (including phenoxy) is 1. The lowest BCUT2D eigenvalue weighted by Crippen LogP contribution is -2.48. The molecule has 2 heterocycles. The van der Waals surface area contributed by atoms with Gasteiger partial charge in [0.15, 0.2) is 0 Å². The number of para-hydroxylation sites is 1. The lowest BCUT2D eigenvalue weighted by Gasteiger charge is -2.34. The standard InChI is InChI=1S/C25H27N3O2/c29-25(28-17-15-27(16-18-28)20-22-10-6-7-14-26-22)13-19-30-24-12-5-4-11-23(24)21-8-2-1-3-9-21/h1-12,14H,13,15-20H2. The second kappa shape index (κ2) is 10.0. The molecule has 0 radical (unpaired) electrons. The number of pyridine rings is 1. The van der Waals surface area contributed by atoms with E-state index in [0.29, 0.717) is 13.0 Å². The molecule has 1 aromatic heterocycles. The summed E-state index contributed by atoms with van der Waals surface area (Å²) in [5.41, 5.74) is 3.24. The molecule has 0 bridgehead atoms. The van der Waals surface area contributed by atoms with E-state index in [1.54, 1.807) is 0 Å². The lowest BCUT2D eigenvalue weighted by molar-refractivity contribution is -0.133. The Morgan fingerprint density at radius 3 is 2.37 bits per heavy atom. The van der Waals surface area contributed by atoms with Crippen molar-refractivity contribution in [2.24, 2.45) is 0 Å². The van der Waals surface area contributed by atoms with Crippen molar-refractivity contribution in [3.8, 4) is 16.9 Å². The van der Waals surface area contributed by atoms with Crippen LogP contribution in [0.15, 0.2) is 79.0 Å². The normalized spacial score (nSPS) is 14.5. The van der Waals surface area contributed by atoms with Gasteiger partial charge in [0.2, 0.25) is 5.91 Å². The second-order valence-electron chi connectivity index (χ2n) is 7.44. The lowest BCUT2D eigenvalue weighted by atomic mass is 10.1. The van der Waals surface area contributed by atoms with Gasteiger partial charge in [0, 0.05) is 44.5 Å². The predicted molar refractivity (Wildman–Crippen MR) is 118 cm³/mol. The molecule has 0 spiro atoms. The van der Waals surface area contributed by atoms with Gasteiger partial charge in [0.05, 0.1) is 18.7 Å². The van der Waals surface area contributed by atoms with Gasteiger partial charge in [-0.05, 0) is 23.8 Å². The van der Waals surface area contributed by atoms with Crippen LogP contribution in [-0.4, -0.2) is 53.5 Å². The number of rotatable bonds is 7. The van der Waals surface area contributed by atoms with E-state index in [2.05, 4.69) is 22.0 Å². The highest BCUT2D eigenvalue weighted by molar-refractivity contribution is 5.76. The number of hydrogen-bond donors (Lipinski definition) is 0.